The van der Waals surface area contributed by atoms with Gasteiger partial charge in [-0.1, -0.05) is 18.6 Å². The molecule has 0 aromatic heterocycles. The molecule has 1 saturated heterocycles. The molecule has 3 nitrogen and oxygen atoms in total. The van der Waals surface area contributed by atoms with Crippen LogP contribution in [-0.4, -0.2) is 35.1 Å². The highest BCUT2D eigenvalue weighted by Crippen LogP contribution is 2.67. The van der Waals surface area contributed by atoms with E-state index in [-0.39, 0.29) is 17.6 Å². The second kappa shape index (κ2) is 4.83. The van der Waals surface area contributed by atoms with Gasteiger partial charge in [-0.3, -0.25) is 0 Å². The monoisotopic (exact) mass is 318 g/mol. The Labute approximate surface area is 139 Å². The summed E-state index contributed by atoms with van der Waals surface area (Å²) in [6.07, 6.45) is 11.0. The van der Waals surface area contributed by atoms with Crippen molar-refractivity contribution < 1.29 is 14.9 Å². The zero-order chi connectivity index (χ0) is 15.8. The molecule has 23 heavy (non-hydrogen) atoms. The number of aliphatic hydroxyl groups excluding tert-OH is 2. The number of aliphatic hydroxyl groups is 2. The third-order valence-corrected chi connectivity index (χ3v) is 8.68. The van der Waals surface area contributed by atoms with Crippen molar-refractivity contribution in [2.24, 2.45) is 28.6 Å². The van der Waals surface area contributed by atoms with Crippen molar-refractivity contribution in [1.82, 2.24) is 0 Å². The fourth-order valence-electron chi connectivity index (χ4n) is 7.48. The molecule has 5 rings (SSSR count). The zero-order valence-electron chi connectivity index (χ0n) is 14.2. The lowest BCUT2D eigenvalue weighted by Crippen LogP contribution is -2.56. The predicted octanol–water partition coefficient (Wildman–Crippen LogP) is 3.05. The predicted molar refractivity (Wildman–Crippen MR) is 87.8 cm³/mol. The third-order valence-electron chi connectivity index (χ3n) is 8.68. The van der Waals surface area contributed by atoms with Gasteiger partial charge in [-0.25, -0.2) is 0 Å². The molecule has 5 aliphatic rings. The van der Waals surface area contributed by atoms with E-state index in [4.69, 9.17) is 4.74 Å². The highest BCUT2D eigenvalue weighted by Gasteiger charge is 2.61. The van der Waals surface area contributed by atoms with Gasteiger partial charge in [-0.15, -0.1) is 0 Å². The minimum absolute atomic E-state index is 0.0220. The van der Waals surface area contributed by atoms with Gasteiger partial charge in [0.15, 0.2) is 0 Å². The van der Waals surface area contributed by atoms with Gasteiger partial charge in [0, 0.05) is 6.61 Å². The van der Waals surface area contributed by atoms with Crippen LogP contribution in [-0.2, 0) is 4.74 Å². The molecule has 3 heteroatoms. The van der Waals surface area contributed by atoms with E-state index >= 15 is 0 Å². The van der Waals surface area contributed by atoms with Crippen LogP contribution in [0.3, 0.4) is 0 Å². The lowest BCUT2D eigenvalue weighted by Gasteiger charge is -2.61. The Morgan fingerprint density at radius 3 is 2.83 bits per heavy atom. The van der Waals surface area contributed by atoms with Gasteiger partial charge in [0.2, 0.25) is 0 Å². The molecule has 0 amide bonds. The van der Waals surface area contributed by atoms with E-state index < -0.39 is 6.10 Å². The van der Waals surface area contributed by atoms with Gasteiger partial charge in [0.25, 0.3) is 0 Å². The quantitative estimate of drug-likeness (QED) is 0.675. The Bertz CT molecular complexity index is 543. The van der Waals surface area contributed by atoms with Crippen molar-refractivity contribution in [2.45, 2.75) is 76.6 Å². The van der Waals surface area contributed by atoms with Crippen molar-refractivity contribution in [3.63, 3.8) is 0 Å². The summed E-state index contributed by atoms with van der Waals surface area (Å²) < 4.78 is 5.87. The zero-order valence-corrected chi connectivity index (χ0v) is 14.2. The van der Waals surface area contributed by atoms with E-state index in [0.717, 1.165) is 44.1 Å². The van der Waals surface area contributed by atoms with Gasteiger partial charge in [0.05, 0.1) is 18.3 Å². The Morgan fingerprint density at radius 2 is 1.96 bits per heavy atom. The van der Waals surface area contributed by atoms with E-state index in [1.165, 1.54) is 25.7 Å². The Kier molecular flexibility index (Phi) is 3.13. The molecule has 1 aliphatic heterocycles. The molecule has 0 aromatic carbocycles. The standard InChI is InChI=1S/C20H30O3/c1-19-7-6-15-13(14(19)4-5-18(19)22)3-2-12-10-16(21)17-11-20(12,15)8-9-23-17/h10,13-18,21-22H,2-9,11H2,1H3/t13-,14-,15-,16?,17?,18?,19-,20-/m0/s1. The summed E-state index contributed by atoms with van der Waals surface area (Å²) in [5.41, 5.74) is 2.02. The van der Waals surface area contributed by atoms with E-state index in [0.29, 0.717) is 11.3 Å². The summed E-state index contributed by atoms with van der Waals surface area (Å²) in [6.45, 7) is 3.17. The molecule has 1 heterocycles. The Hall–Kier alpha value is -0.380. The first-order valence-corrected chi connectivity index (χ1v) is 9.73. The van der Waals surface area contributed by atoms with Crippen LogP contribution < -0.4 is 0 Å². The molecule has 0 aromatic rings. The summed E-state index contributed by atoms with van der Waals surface area (Å²) >= 11 is 0. The van der Waals surface area contributed by atoms with Crippen LogP contribution in [0.4, 0.5) is 0 Å². The number of fused-ring (bicyclic) bond motifs is 4. The summed E-state index contributed by atoms with van der Waals surface area (Å²) in [7, 11) is 0. The highest BCUT2D eigenvalue weighted by atomic mass is 16.5. The van der Waals surface area contributed by atoms with Crippen LogP contribution in [0.2, 0.25) is 0 Å². The molecule has 4 aliphatic carbocycles. The summed E-state index contributed by atoms with van der Waals surface area (Å²) in [6, 6.07) is 0. The maximum absolute atomic E-state index is 10.6. The maximum Gasteiger partial charge on any atom is 0.0985 e. The first kappa shape index (κ1) is 14.9. The minimum Gasteiger partial charge on any atom is -0.393 e. The van der Waals surface area contributed by atoms with Crippen molar-refractivity contribution in [3.05, 3.63) is 11.6 Å². The minimum atomic E-state index is -0.392. The number of rotatable bonds is 0. The number of ether oxygens (including phenoxy) is 1. The average molecular weight is 318 g/mol. The van der Waals surface area contributed by atoms with Crippen LogP contribution in [0, 0.1) is 28.6 Å². The molecule has 8 atom stereocenters. The highest BCUT2D eigenvalue weighted by molar-refractivity contribution is 5.29. The average Bonchev–Trinajstić information content (AvgIpc) is 2.85. The second-order valence-electron chi connectivity index (χ2n) is 9.26. The smallest absolute Gasteiger partial charge is 0.0985 e. The Morgan fingerprint density at radius 1 is 1.09 bits per heavy atom. The van der Waals surface area contributed by atoms with Crippen molar-refractivity contribution in [3.8, 4) is 0 Å². The van der Waals surface area contributed by atoms with Crippen molar-refractivity contribution in [1.29, 1.82) is 0 Å². The van der Waals surface area contributed by atoms with Crippen LogP contribution in [0.15, 0.2) is 11.6 Å². The normalized spacial score (nSPS) is 58.0. The van der Waals surface area contributed by atoms with Gasteiger partial charge < -0.3 is 14.9 Å². The molecule has 0 radical (unpaired) electrons. The maximum atomic E-state index is 10.6. The summed E-state index contributed by atoms with van der Waals surface area (Å²) in [5.74, 6) is 2.24. The number of hydrogen-bond acceptors (Lipinski definition) is 3. The Balaban J connectivity index is 1.53. The molecule has 128 valence electrons. The fourth-order valence-corrected chi connectivity index (χ4v) is 7.48. The van der Waals surface area contributed by atoms with Crippen LogP contribution in [0.25, 0.3) is 0 Å². The fraction of sp³-hybridized carbons (Fsp3) is 0.900. The molecule has 4 fully saturated rings. The number of hydrogen-bond donors (Lipinski definition) is 2. The molecule has 2 N–H and O–H groups in total. The van der Waals surface area contributed by atoms with Gasteiger partial charge in [-0.2, -0.15) is 0 Å². The van der Waals surface area contributed by atoms with Gasteiger partial charge >= 0.3 is 0 Å². The van der Waals surface area contributed by atoms with Crippen molar-refractivity contribution >= 4 is 0 Å². The molecule has 3 saturated carbocycles. The topological polar surface area (TPSA) is 49.7 Å². The molecule has 1 spiro atoms. The van der Waals surface area contributed by atoms with E-state index in [1.807, 2.05) is 0 Å². The van der Waals surface area contributed by atoms with Crippen LogP contribution in [0.5, 0.6) is 0 Å². The molecule has 3 unspecified atom stereocenters. The van der Waals surface area contributed by atoms with Gasteiger partial charge in [0.1, 0.15) is 0 Å². The van der Waals surface area contributed by atoms with E-state index in [9.17, 15) is 10.2 Å². The molecular formula is C20H30O3. The lowest BCUT2D eigenvalue weighted by atomic mass is 9.45. The lowest BCUT2D eigenvalue weighted by molar-refractivity contribution is -0.147. The molecule has 2 bridgehead atoms. The molecular weight excluding hydrogens is 288 g/mol. The second-order valence-corrected chi connectivity index (χ2v) is 9.26. The van der Waals surface area contributed by atoms with E-state index in [1.54, 1.807) is 5.57 Å². The summed E-state index contributed by atoms with van der Waals surface area (Å²) in [5, 5.41) is 20.9. The van der Waals surface area contributed by atoms with Crippen LogP contribution >= 0.6 is 0 Å². The van der Waals surface area contributed by atoms with Crippen LogP contribution in [0.1, 0.15) is 58.3 Å². The third kappa shape index (κ3) is 1.82. The first-order valence-electron chi connectivity index (χ1n) is 9.73. The number of allylic oxidation sites excluding steroid dienone is 1. The van der Waals surface area contributed by atoms with Gasteiger partial charge in [-0.05, 0) is 80.0 Å². The summed E-state index contributed by atoms with van der Waals surface area (Å²) in [4.78, 5) is 0. The SMILES string of the molecule is C[C@]12CC[C@H]3[C@@H](CCC4=CC(O)C5C[C@@]43CCO5)[C@@H]1CCC2O. The first-order chi connectivity index (χ1) is 11.0. The largest absolute Gasteiger partial charge is 0.393 e. The van der Waals surface area contributed by atoms with Crippen molar-refractivity contribution in [2.75, 3.05) is 6.61 Å². The van der Waals surface area contributed by atoms with E-state index in [2.05, 4.69) is 13.0 Å².